The van der Waals surface area contributed by atoms with Crippen LogP contribution in [0.25, 0.3) is 11.1 Å². The molecule has 142 valence electrons. The zero-order valence-electron chi connectivity index (χ0n) is 16.3. The summed E-state index contributed by atoms with van der Waals surface area (Å²) in [4.78, 5) is 7.00. The van der Waals surface area contributed by atoms with Gasteiger partial charge in [0.05, 0.1) is 18.1 Å². The highest BCUT2D eigenvalue weighted by Crippen LogP contribution is 2.38. The maximum Gasteiger partial charge on any atom is 0.0954 e. The van der Waals surface area contributed by atoms with Crippen molar-refractivity contribution in [3.05, 3.63) is 113 Å². The number of benzene rings is 3. The first kappa shape index (κ1) is 16.8. The fraction of sp³-hybridized carbons (Fsp3) is 0.192. The van der Waals surface area contributed by atoms with E-state index in [1.807, 2.05) is 12.5 Å². The largest absolute Gasteiger partial charge is 0.325 e. The van der Waals surface area contributed by atoms with Gasteiger partial charge in [-0.2, -0.15) is 0 Å². The zero-order valence-corrected chi connectivity index (χ0v) is 16.3. The molecule has 0 fully saturated rings. The number of fused-ring (bicyclic) bond motifs is 4. The molecule has 1 aliphatic heterocycles. The second-order valence-electron chi connectivity index (χ2n) is 8.21. The highest BCUT2D eigenvalue weighted by molar-refractivity contribution is 5.77. The quantitative estimate of drug-likeness (QED) is 0.438. The van der Waals surface area contributed by atoms with Gasteiger partial charge in [-0.05, 0) is 39.8 Å². The van der Waals surface area contributed by atoms with Gasteiger partial charge in [0.1, 0.15) is 0 Å². The molecule has 2 heterocycles. The van der Waals surface area contributed by atoms with Gasteiger partial charge in [0.15, 0.2) is 0 Å². The summed E-state index contributed by atoms with van der Waals surface area (Å²) < 4.78 is 2.37. The molecule has 6 rings (SSSR count). The molecule has 0 amide bonds. The summed E-state index contributed by atoms with van der Waals surface area (Å²) in [5, 5.41) is 0. The Hall–Kier alpha value is -3.17. The molecule has 0 saturated heterocycles. The summed E-state index contributed by atoms with van der Waals surface area (Å²) in [6.45, 7) is 2.92. The lowest BCUT2D eigenvalue weighted by molar-refractivity contribution is 0.192. The van der Waals surface area contributed by atoms with Gasteiger partial charge in [-0.1, -0.05) is 72.8 Å². The van der Waals surface area contributed by atoms with E-state index in [2.05, 4.69) is 87.2 Å². The molecule has 3 nitrogen and oxygen atoms in total. The molecule has 1 aromatic heterocycles. The van der Waals surface area contributed by atoms with Crippen molar-refractivity contribution >= 4 is 0 Å². The first-order valence-corrected chi connectivity index (χ1v) is 10.3. The molecular formula is C26H23N3. The van der Waals surface area contributed by atoms with Crippen molar-refractivity contribution in [2.45, 2.75) is 25.6 Å². The van der Waals surface area contributed by atoms with Crippen LogP contribution in [-0.2, 0) is 19.5 Å². The van der Waals surface area contributed by atoms with Crippen LogP contribution in [0.4, 0.5) is 0 Å². The van der Waals surface area contributed by atoms with Crippen LogP contribution in [0.15, 0.2) is 85.3 Å². The van der Waals surface area contributed by atoms with Crippen LogP contribution in [0.2, 0.25) is 0 Å². The number of hydrogen-bond donors (Lipinski definition) is 0. The molecule has 1 aliphatic carbocycles. The minimum Gasteiger partial charge on any atom is -0.325 e. The maximum absolute atomic E-state index is 4.46. The van der Waals surface area contributed by atoms with E-state index >= 15 is 0 Å². The molecule has 1 atom stereocenters. The van der Waals surface area contributed by atoms with Gasteiger partial charge in [0.2, 0.25) is 0 Å². The van der Waals surface area contributed by atoms with Gasteiger partial charge in [-0.15, -0.1) is 0 Å². The van der Waals surface area contributed by atoms with Gasteiger partial charge in [0, 0.05) is 25.8 Å². The van der Waals surface area contributed by atoms with Gasteiger partial charge >= 0.3 is 0 Å². The Labute approximate surface area is 171 Å². The van der Waals surface area contributed by atoms with E-state index in [4.69, 9.17) is 0 Å². The van der Waals surface area contributed by atoms with Crippen LogP contribution in [0.1, 0.15) is 34.0 Å². The molecule has 0 N–H and O–H groups in total. The second kappa shape index (κ2) is 6.71. The van der Waals surface area contributed by atoms with Crippen LogP contribution < -0.4 is 0 Å². The van der Waals surface area contributed by atoms with Crippen LogP contribution in [-0.4, -0.2) is 21.0 Å². The van der Waals surface area contributed by atoms with Crippen molar-refractivity contribution in [3.63, 3.8) is 0 Å². The van der Waals surface area contributed by atoms with Crippen molar-refractivity contribution in [3.8, 4) is 11.1 Å². The predicted molar refractivity (Wildman–Crippen MR) is 116 cm³/mol. The van der Waals surface area contributed by atoms with Crippen LogP contribution in [0.5, 0.6) is 0 Å². The molecule has 0 bridgehead atoms. The standard InChI is InChI=1S/C26H23N3/c1-2-6-19(7-3-1)15-28-16-23-14-27-18-29(23)26(17-28)21-10-11-25-22(13-21)12-20-8-4-5-9-24(20)25/h1-11,13-14,18,26H,12,15-17H2. The molecular weight excluding hydrogens is 354 g/mol. The lowest BCUT2D eigenvalue weighted by Crippen LogP contribution is -2.37. The summed E-state index contributed by atoms with van der Waals surface area (Å²) in [6.07, 6.45) is 5.06. The van der Waals surface area contributed by atoms with E-state index < -0.39 is 0 Å². The van der Waals surface area contributed by atoms with Gasteiger partial charge in [-0.3, -0.25) is 4.90 Å². The minimum absolute atomic E-state index is 0.305. The summed E-state index contributed by atoms with van der Waals surface area (Å²) in [7, 11) is 0. The van der Waals surface area contributed by atoms with E-state index in [0.717, 1.165) is 26.1 Å². The van der Waals surface area contributed by atoms with Gasteiger partial charge < -0.3 is 4.57 Å². The minimum atomic E-state index is 0.305. The molecule has 0 saturated carbocycles. The fourth-order valence-electron chi connectivity index (χ4n) is 4.96. The van der Waals surface area contributed by atoms with E-state index in [-0.39, 0.29) is 0 Å². The van der Waals surface area contributed by atoms with Gasteiger partial charge in [-0.25, -0.2) is 4.98 Å². The summed E-state index contributed by atoms with van der Waals surface area (Å²) in [5.41, 5.74) is 9.72. The first-order valence-electron chi connectivity index (χ1n) is 10.3. The Morgan fingerprint density at radius 1 is 0.862 bits per heavy atom. The average Bonchev–Trinajstić information content (AvgIpc) is 3.37. The summed E-state index contributed by atoms with van der Waals surface area (Å²) >= 11 is 0. The lowest BCUT2D eigenvalue weighted by atomic mass is 9.97. The van der Waals surface area contributed by atoms with E-state index in [0.29, 0.717) is 6.04 Å². The molecule has 3 heteroatoms. The normalized spacial score (nSPS) is 17.6. The highest BCUT2D eigenvalue weighted by Gasteiger charge is 2.27. The van der Waals surface area contributed by atoms with Crippen LogP contribution >= 0.6 is 0 Å². The monoisotopic (exact) mass is 377 g/mol. The molecule has 3 aromatic carbocycles. The fourth-order valence-corrected chi connectivity index (χ4v) is 4.96. The van der Waals surface area contributed by atoms with Crippen LogP contribution in [0, 0.1) is 0 Å². The number of hydrogen-bond acceptors (Lipinski definition) is 2. The SMILES string of the molecule is c1ccc(CN2Cc3cncn3C(c3ccc4c(c3)Cc3ccccc3-4)C2)cc1. The van der Waals surface area contributed by atoms with E-state index in [1.54, 1.807) is 0 Å². The second-order valence-corrected chi connectivity index (χ2v) is 8.21. The predicted octanol–water partition coefficient (Wildman–Crippen LogP) is 5.06. The topological polar surface area (TPSA) is 21.1 Å². The Kier molecular flexibility index (Phi) is 3.88. The van der Waals surface area contributed by atoms with Crippen molar-refractivity contribution in [2.24, 2.45) is 0 Å². The maximum atomic E-state index is 4.46. The molecule has 0 spiro atoms. The first-order chi connectivity index (χ1) is 14.3. The molecule has 4 aromatic rings. The Bertz CT molecular complexity index is 1180. The Morgan fingerprint density at radius 3 is 2.62 bits per heavy atom. The molecule has 29 heavy (non-hydrogen) atoms. The summed E-state index contributed by atoms with van der Waals surface area (Å²) in [6, 6.07) is 26.9. The number of nitrogens with zero attached hydrogens (tertiary/aromatic N) is 3. The van der Waals surface area contributed by atoms with E-state index in [9.17, 15) is 0 Å². The van der Waals surface area contributed by atoms with Crippen molar-refractivity contribution < 1.29 is 0 Å². The van der Waals surface area contributed by atoms with Crippen LogP contribution in [0.3, 0.4) is 0 Å². The number of aromatic nitrogens is 2. The molecule has 1 unspecified atom stereocenters. The number of imidazole rings is 1. The third-order valence-corrected chi connectivity index (χ3v) is 6.35. The van der Waals surface area contributed by atoms with Gasteiger partial charge in [0.25, 0.3) is 0 Å². The third kappa shape index (κ3) is 2.90. The van der Waals surface area contributed by atoms with Crippen molar-refractivity contribution in [1.29, 1.82) is 0 Å². The summed E-state index contributed by atoms with van der Waals surface area (Å²) in [5.74, 6) is 0. The third-order valence-electron chi connectivity index (χ3n) is 6.35. The zero-order chi connectivity index (χ0) is 19.2. The number of rotatable bonds is 3. The average molecular weight is 377 g/mol. The smallest absolute Gasteiger partial charge is 0.0954 e. The lowest BCUT2D eigenvalue weighted by Gasteiger charge is -2.35. The molecule has 0 radical (unpaired) electrons. The van der Waals surface area contributed by atoms with Crippen molar-refractivity contribution in [2.75, 3.05) is 6.54 Å². The van der Waals surface area contributed by atoms with E-state index in [1.165, 1.54) is 39.1 Å². The van der Waals surface area contributed by atoms with Crippen molar-refractivity contribution in [1.82, 2.24) is 14.5 Å². The Balaban J connectivity index is 1.34. The highest BCUT2D eigenvalue weighted by atomic mass is 15.2. The molecule has 2 aliphatic rings. The Morgan fingerprint density at radius 2 is 1.69 bits per heavy atom.